The molecule has 8 nitrogen and oxygen atoms in total. The molecule has 3 aromatic rings. The van der Waals surface area contributed by atoms with Gasteiger partial charge in [0.2, 0.25) is 0 Å². The van der Waals surface area contributed by atoms with Gasteiger partial charge in [0.15, 0.2) is 0 Å². The van der Waals surface area contributed by atoms with Gasteiger partial charge in [-0.2, -0.15) is 5.10 Å². The van der Waals surface area contributed by atoms with E-state index in [1.165, 1.54) is 6.33 Å². The molecule has 0 spiro atoms. The van der Waals surface area contributed by atoms with E-state index in [-0.39, 0.29) is 12.1 Å². The van der Waals surface area contributed by atoms with Crippen LogP contribution in [0.2, 0.25) is 5.02 Å². The third-order valence-corrected chi connectivity index (χ3v) is 5.68. The summed E-state index contributed by atoms with van der Waals surface area (Å²) in [4.78, 5) is 22.6. The lowest BCUT2D eigenvalue weighted by Crippen LogP contribution is -2.42. The number of halogens is 1. The normalized spacial score (nSPS) is 14.9. The highest BCUT2D eigenvalue weighted by atomic mass is 35.5. The third-order valence-electron chi connectivity index (χ3n) is 5.46. The molecule has 174 valence electrons. The molecule has 0 aliphatic carbocycles. The molecule has 1 aliphatic rings. The Bertz CT molecular complexity index is 1120. The standard InChI is InChI=1S/C24H28ClN5O3/c1-24(2,3)33-23(31)29-9-6-18(7-10-29)30-14-20(21-5-8-26-15-27-21)22(28-30)16-11-17(25)13-19(12-16)32-4/h5,8,11-15,18H,6-7,9-10H2,1-4H3. The molecule has 0 atom stereocenters. The largest absolute Gasteiger partial charge is 0.497 e. The first-order valence-corrected chi connectivity index (χ1v) is 11.3. The second kappa shape index (κ2) is 9.39. The quantitative estimate of drug-likeness (QED) is 0.519. The number of hydrogen-bond acceptors (Lipinski definition) is 6. The Balaban J connectivity index is 1.62. The van der Waals surface area contributed by atoms with E-state index >= 15 is 0 Å². The van der Waals surface area contributed by atoms with Gasteiger partial charge in [0.05, 0.1) is 18.8 Å². The first-order valence-electron chi connectivity index (χ1n) is 10.9. The predicted molar refractivity (Wildman–Crippen MR) is 126 cm³/mol. The third kappa shape index (κ3) is 5.45. The molecule has 0 N–H and O–H groups in total. The lowest BCUT2D eigenvalue weighted by Gasteiger charge is -2.33. The molecule has 4 rings (SSSR count). The van der Waals surface area contributed by atoms with Gasteiger partial charge in [0, 0.05) is 41.6 Å². The van der Waals surface area contributed by atoms with Crippen LogP contribution in [0.25, 0.3) is 22.5 Å². The number of methoxy groups -OCH3 is 1. The Labute approximate surface area is 198 Å². The molecular weight excluding hydrogens is 442 g/mol. The van der Waals surface area contributed by atoms with Gasteiger partial charge in [-0.05, 0) is 57.9 Å². The van der Waals surface area contributed by atoms with Gasteiger partial charge in [-0.25, -0.2) is 14.8 Å². The van der Waals surface area contributed by atoms with Crippen molar-refractivity contribution in [3.05, 3.63) is 48.0 Å². The lowest BCUT2D eigenvalue weighted by molar-refractivity contribution is 0.0185. The van der Waals surface area contributed by atoms with Crippen molar-refractivity contribution in [2.24, 2.45) is 0 Å². The molecule has 1 aliphatic heterocycles. The second-order valence-electron chi connectivity index (χ2n) is 9.04. The van der Waals surface area contributed by atoms with Crippen LogP contribution in [-0.4, -0.2) is 56.5 Å². The zero-order valence-electron chi connectivity index (χ0n) is 19.3. The van der Waals surface area contributed by atoms with E-state index in [1.807, 2.05) is 49.8 Å². The van der Waals surface area contributed by atoms with Gasteiger partial charge in [0.1, 0.15) is 23.4 Å². The first kappa shape index (κ1) is 23.0. The molecule has 2 aromatic heterocycles. The van der Waals surface area contributed by atoms with Crippen LogP contribution in [0.3, 0.4) is 0 Å². The maximum Gasteiger partial charge on any atom is 0.410 e. The van der Waals surface area contributed by atoms with Crippen LogP contribution in [0.5, 0.6) is 5.75 Å². The fourth-order valence-corrected chi connectivity index (χ4v) is 4.11. The number of amides is 1. The molecule has 0 radical (unpaired) electrons. The van der Waals surface area contributed by atoms with Crippen molar-refractivity contribution in [3.63, 3.8) is 0 Å². The van der Waals surface area contributed by atoms with E-state index in [2.05, 4.69) is 9.97 Å². The van der Waals surface area contributed by atoms with Gasteiger partial charge in [-0.3, -0.25) is 4.68 Å². The number of carbonyl (C=O) groups excluding carboxylic acids is 1. The van der Waals surface area contributed by atoms with Crippen LogP contribution in [0.4, 0.5) is 4.79 Å². The van der Waals surface area contributed by atoms with Crippen LogP contribution < -0.4 is 4.74 Å². The summed E-state index contributed by atoms with van der Waals surface area (Å²) in [7, 11) is 1.61. The minimum Gasteiger partial charge on any atom is -0.497 e. The fourth-order valence-electron chi connectivity index (χ4n) is 3.89. The molecule has 1 saturated heterocycles. The van der Waals surface area contributed by atoms with Gasteiger partial charge in [0.25, 0.3) is 0 Å². The maximum atomic E-state index is 12.4. The maximum absolute atomic E-state index is 12.4. The Morgan fingerprint density at radius 1 is 1.18 bits per heavy atom. The zero-order chi connectivity index (χ0) is 23.6. The van der Waals surface area contributed by atoms with Gasteiger partial charge < -0.3 is 14.4 Å². The zero-order valence-corrected chi connectivity index (χ0v) is 20.0. The highest BCUT2D eigenvalue weighted by Crippen LogP contribution is 2.36. The van der Waals surface area contributed by atoms with Crippen LogP contribution in [-0.2, 0) is 4.74 Å². The highest BCUT2D eigenvalue weighted by Gasteiger charge is 2.29. The molecule has 9 heteroatoms. The number of likely N-dealkylation sites (tertiary alicyclic amines) is 1. The molecule has 1 fully saturated rings. The lowest BCUT2D eigenvalue weighted by atomic mass is 10.0. The number of piperidine rings is 1. The van der Waals surface area contributed by atoms with Gasteiger partial charge in [-0.15, -0.1) is 0 Å². The number of ether oxygens (including phenoxy) is 2. The number of hydrogen-bond donors (Lipinski definition) is 0. The van der Waals surface area contributed by atoms with Crippen molar-refractivity contribution < 1.29 is 14.3 Å². The van der Waals surface area contributed by atoms with E-state index < -0.39 is 5.60 Å². The average molecular weight is 470 g/mol. The van der Waals surface area contributed by atoms with Crippen LogP contribution in [0.15, 0.2) is 43.0 Å². The summed E-state index contributed by atoms with van der Waals surface area (Å²) in [6.07, 6.45) is 6.54. The Morgan fingerprint density at radius 3 is 2.58 bits per heavy atom. The average Bonchev–Trinajstić information content (AvgIpc) is 3.24. The Morgan fingerprint density at radius 2 is 1.94 bits per heavy atom. The van der Waals surface area contributed by atoms with Crippen LogP contribution in [0, 0.1) is 0 Å². The number of nitrogens with zero attached hydrogens (tertiary/aromatic N) is 5. The highest BCUT2D eigenvalue weighted by molar-refractivity contribution is 6.31. The summed E-state index contributed by atoms with van der Waals surface area (Å²) in [6.45, 7) is 6.86. The summed E-state index contributed by atoms with van der Waals surface area (Å²) in [5, 5.41) is 5.50. The number of rotatable bonds is 4. The summed E-state index contributed by atoms with van der Waals surface area (Å²) < 4.78 is 12.9. The SMILES string of the molecule is COc1cc(Cl)cc(-c2nn(C3CCN(C(=O)OC(C)(C)C)CC3)cc2-c2ccncn2)c1. The molecular formula is C24H28ClN5O3. The molecule has 1 amide bonds. The molecule has 3 heterocycles. The molecule has 0 unspecified atom stereocenters. The van der Waals surface area contributed by atoms with Crippen LogP contribution in [0.1, 0.15) is 39.7 Å². The number of carbonyl (C=O) groups is 1. The Kier molecular flexibility index (Phi) is 6.56. The molecule has 1 aromatic carbocycles. The van der Waals surface area contributed by atoms with E-state index in [9.17, 15) is 4.79 Å². The number of aromatic nitrogens is 4. The number of benzene rings is 1. The Hall–Kier alpha value is -3.13. The van der Waals surface area contributed by atoms with Crippen molar-refractivity contribution in [3.8, 4) is 28.3 Å². The van der Waals surface area contributed by atoms with E-state index in [0.29, 0.717) is 23.9 Å². The van der Waals surface area contributed by atoms with Crippen molar-refractivity contribution in [2.75, 3.05) is 20.2 Å². The molecule has 0 bridgehead atoms. The molecule has 0 saturated carbocycles. The summed E-state index contributed by atoms with van der Waals surface area (Å²) in [5.41, 5.74) is 2.77. The molecule has 33 heavy (non-hydrogen) atoms. The summed E-state index contributed by atoms with van der Waals surface area (Å²) in [5.74, 6) is 0.659. The minimum atomic E-state index is -0.505. The van der Waals surface area contributed by atoms with Crippen LogP contribution >= 0.6 is 11.6 Å². The smallest absolute Gasteiger partial charge is 0.410 e. The summed E-state index contributed by atoms with van der Waals surface area (Å²) >= 11 is 6.33. The second-order valence-corrected chi connectivity index (χ2v) is 9.48. The predicted octanol–water partition coefficient (Wildman–Crippen LogP) is 5.24. The van der Waals surface area contributed by atoms with Gasteiger partial charge in [-0.1, -0.05) is 11.6 Å². The van der Waals surface area contributed by atoms with Crippen molar-refractivity contribution in [1.82, 2.24) is 24.6 Å². The first-order chi connectivity index (χ1) is 15.7. The van der Waals surface area contributed by atoms with Crippen molar-refractivity contribution >= 4 is 17.7 Å². The van der Waals surface area contributed by atoms with Crippen molar-refractivity contribution in [1.29, 1.82) is 0 Å². The monoisotopic (exact) mass is 469 g/mol. The van der Waals surface area contributed by atoms with E-state index in [1.54, 1.807) is 24.3 Å². The van der Waals surface area contributed by atoms with Crippen molar-refractivity contribution in [2.45, 2.75) is 45.3 Å². The fraction of sp³-hybridized carbons (Fsp3) is 0.417. The summed E-state index contributed by atoms with van der Waals surface area (Å²) in [6, 6.07) is 7.55. The van der Waals surface area contributed by atoms with E-state index in [4.69, 9.17) is 26.2 Å². The minimum absolute atomic E-state index is 0.152. The topological polar surface area (TPSA) is 82.4 Å². The van der Waals surface area contributed by atoms with E-state index in [0.717, 1.165) is 35.4 Å². The van der Waals surface area contributed by atoms with Gasteiger partial charge >= 0.3 is 6.09 Å².